The summed E-state index contributed by atoms with van der Waals surface area (Å²) in [6.07, 6.45) is 3.68. The Bertz CT molecular complexity index is 708. The Kier molecular flexibility index (Phi) is 5.36. The standard InChI is InChI=1S/C16H23N3O3S2/c1-24(21,22)19-9-4-5-12(11-19)17-16(20)18-14-8-10-23-15-7-3-2-6-13(14)15/h2-3,6-7,12,14H,4-5,8-11H2,1H3,(H2,17,18,20). The first kappa shape index (κ1) is 17.6. The zero-order valence-corrected chi connectivity index (χ0v) is 15.3. The van der Waals surface area contributed by atoms with Crippen LogP contribution in [0.1, 0.15) is 30.9 Å². The van der Waals surface area contributed by atoms with Crippen LogP contribution in [0.4, 0.5) is 4.79 Å². The van der Waals surface area contributed by atoms with Gasteiger partial charge in [0.15, 0.2) is 0 Å². The first-order chi connectivity index (χ1) is 11.4. The number of benzene rings is 1. The number of urea groups is 1. The van der Waals surface area contributed by atoms with Gasteiger partial charge in [-0.1, -0.05) is 18.2 Å². The number of hydrogen-bond acceptors (Lipinski definition) is 4. The second-order valence-electron chi connectivity index (χ2n) is 6.31. The Morgan fingerprint density at radius 2 is 2.04 bits per heavy atom. The number of carbonyl (C=O) groups is 1. The van der Waals surface area contributed by atoms with Crippen molar-refractivity contribution in [1.29, 1.82) is 0 Å². The molecule has 2 atom stereocenters. The zero-order valence-electron chi connectivity index (χ0n) is 13.7. The Morgan fingerprint density at radius 1 is 1.25 bits per heavy atom. The lowest BCUT2D eigenvalue weighted by molar-refractivity contribution is 0.222. The van der Waals surface area contributed by atoms with Crippen molar-refractivity contribution in [1.82, 2.24) is 14.9 Å². The minimum absolute atomic E-state index is 0.0112. The van der Waals surface area contributed by atoms with Crippen molar-refractivity contribution in [3.63, 3.8) is 0 Å². The number of amides is 2. The lowest BCUT2D eigenvalue weighted by Crippen LogP contribution is -2.52. The molecule has 2 heterocycles. The summed E-state index contributed by atoms with van der Waals surface area (Å²) >= 11 is 1.81. The monoisotopic (exact) mass is 369 g/mol. The molecule has 3 rings (SSSR count). The summed E-state index contributed by atoms with van der Waals surface area (Å²) in [6.45, 7) is 0.884. The molecule has 2 amide bonds. The van der Waals surface area contributed by atoms with E-state index in [1.165, 1.54) is 15.5 Å². The van der Waals surface area contributed by atoms with Crippen molar-refractivity contribution < 1.29 is 13.2 Å². The first-order valence-corrected chi connectivity index (χ1v) is 11.0. The SMILES string of the molecule is CS(=O)(=O)N1CCCC(NC(=O)NC2CCSc3ccccc32)C1. The molecule has 0 aliphatic carbocycles. The normalized spacial score (nSPS) is 24.9. The predicted molar refractivity (Wildman–Crippen MR) is 95.6 cm³/mol. The quantitative estimate of drug-likeness (QED) is 0.854. The van der Waals surface area contributed by atoms with Gasteiger partial charge >= 0.3 is 6.03 Å². The van der Waals surface area contributed by atoms with Gasteiger partial charge in [0, 0.05) is 29.8 Å². The van der Waals surface area contributed by atoms with E-state index < -0.39 is 10.0 Å². The second kappa shape index (κ2) is 7.33. The van der Waals surface area contributed by atoms with E-state index in [4.69, 9.17) is 0 Å². The van der Waals surface area contributed by atoms with E-state index in [0.717, 1.165) is 30.6 Å². The van der Waals surface area contributed by atoms with Crippen LogP contribution in [0.5, 0.6) is 0 Å². The van der Waals surface area contributed by atoms with Gasteiger partial charge in [0.05, 0.1) is 12.3 Å². The van der Waals surface area contributed by atoms with Gasteiger partial charge in [0.25, 0.3) is 0 Å². The highest BCUT2D eigenvalue weighted by molar-refractivity contribution is 7.99. The molecule has 132 valence electrons. The Morgan fingerprint density at radius 3 is 2.83 bits per heavy atom. The van der Waals surface area contributed by atoms with Crippen molar-refractivity contribution >= 4 is 27.8 Å². The van der Waals surface area contributed by atoms with Crippen LogP contribution >= 0.6 is 11.8 Å². The van der Waals surface area contributed by atoms with Crippen molar-refractivity contribution in [2.45, 2.75) is 36.2 Å². The van der Waals surface area contributed by atoms with Gasteiger partial charge in [-0.3, -0.25) is 0 Å². The van der Waals surface area contributed by atoms with Gasteiger partial charge in [0.2, 0.25) is 10.0 Å². The number of thioether (sulfide) groups is 1. The van der Waals surface area contributed by atoms with Crippen LogP contribution in [0.15, 0.2) is 29.2 Å². The number of fused-ring (bicyclic) bond motifs is 1. The molecule has 1 fully saturated rings. The minimum atomic E-state index is -3.20. The lowest BCUT2D eigenvalue weighted by Gasteiger charge is -2.32. The highest BCUT2D eigenvalue weighted by Gasteiger charge is 2.28. The number of carbonyl (C=O) groups excluding carboxylic acids is 1. The number of nitrogens with one attached hydrogen (secondary N) is 2. The molecule has 2 aliphatic rings. The zero-order chi connectivity index (χ0) is 17.2. The summed E-state index contributed by atoms with van der Waals surface area (Å²) in [5.74, 6) is 0.979. The van der Waals surface area contributed by atoms with Crippen molar-refractivity contribution in [3.05, 3.63) is 29.8 Å². The van der Waals surface area contributed by atoms with Crippen LogP contribution in [0.2, 0.25) is 0 Å². The molecule has 0 aromatic heterocycles. The highest BCUT2D eigenvalue weighted by atomic mass is 32.2. The number of sulfonamides is 1. The predicted octanol–water partition coefficient (Wildman–Crippen LogP) is 1.95. The molecule has 1 saturated heterocycles. The van der Waals surface area contributed by atoms with E-state index >= 15 is 0 Å². The summed E-state index contributed by atoms with van der Waals surface area (Å²) in [5.41, 5.74) is 1.16. The average molecular weight is 370 g/mol. The molecule has 1 aromatic carbocycles. The molecular formula is C16H23N3O3S2. The average Bonchev–Trinajstić information content (AvgIpc) is 2.54. The third kappa shape index (κ3) is 4.23. The minimum Gasteiger partial charge on any atom is -0.334 e. The Balaban J connectivity index is 1.59. The third-order valence-electron chi connectivity index (χ3n) is 4.45. The fourth-order valence-electron chi connectivity index (χ4n) is 3.24. The van der Waals surface area contributed by atoms with Gasteiger partial charge < -0.3 is 10.6 Å². The third-order valence-corrected chi connectivity index (χ3v) is 6.84. The van der Waals surface area contributed by atoms with Crippen molar-refractivity contribution in [2.75, 3.05) is 25.1 Å². The fraction of sp³-hybridized carbons (Fsp3) is 0.562. The van der Waals surface area contributed by atoms with Gasteiger partial charge in [-0.05, 0) is 30.9 Å². The largest absolute Gasteiger partial charge is 0.334 e. The summed E-state index contributed by atoms with van der Waals surface area (Å²) in [7, 11) is -3.20. The Hall–Kier alpha value is -1.25. The molecule has 0 bridgehead atoms. The summed E-state index contributed by atoms with van der Waals surface area (Å²) in [5, 5.41) is 5.98. The lowest BCUT2D eigenvalue weighted by atomic mass is 10.0. The van der Waals surface area contributed by atoms with Gasteiger partial charge in [-0.25, -0.2) is 17.5 Å². The maximum atomic E-state index is 12.3. The van der Waals surface area contributed by atoms with Crippen molar-refractivity contribution in [2.24, 2.45) is 0 Å². The van der Waals surface area contributed by atoms with Gasteiger partial charge in [-0.15, -0.1) is 11.8 Å². The second-order valence-corrected chi connectivity index (χ2v) is 9.42. The van der Waals surface area contributed by atoms with E-state index in [0.29, 0.717) is 13.1 Å². The smallest absolute Gasteiger partial charge is 0.315 e. The highest BCUT2D eigenvalue weighted by Crippen LogP contribution is 2.35. The molecule has 6 nitrogen and oxygen atoms in total. The Labute approximate surface area is 147 Å². The summed E-state index contributed by atoms with van der Waals surface area (Å²) < 4.78 is 24.8. The maximum Gasteiger partial charge on any atom is 0.315 e. The molecule has 0 spiro atoms. The topological polar surface area (TPSA) is 78.5 Å². The molecular weight excluding hydrogens is 346 g/mol. The van der Waals surface area contributed by atoms with E-state index in [-0.39, 0.29) is 18.1 Å². The van der Waals surface area contributed by atoms with Gasteiger partial charge in [0.1, 0.15) is 0 Å². The van der Waals surface area contributed by atoms with Crippen LogP contribution < -0.4 is 10.6 Å². The van der Waals surface area contributed by atoms with Crippen LogP contribution in [0.25, 0.3) is 0 Å². The van der Waals surface area contributed by atoms with E-state index in [1.54, 1.807) is 0 Å². The molecule has 2 N–H and O–H groups in total. The van der Waals surface area contributed by atoms with E-state index in [9.17, 15) is 13.2 Å². The molecule has 2 aliphatic heterocycles. The van der Waals surface area contributed by atoms with Crippen LogP contribution in [0, 0.1) is 0 Å². The van der Waals surface area contributed by atoms with Gasteiger partial charge in [-0.2, -0.15) is 0 Å². The van der Waals surface area contributed by atoms with E-state index in [2.05, 4.69) is 22.8 Å². The number of rotatable bonds is 3. The first-order valence-electron chi connectivity index (χ1n) is 8.17. The van der Waals surface area contributed by atoms with Crippen LogP contribution in [-0.2, 0) is 10.0 Å². The molecule has 1 aromatic rings. The number of hydrogen-bond donors (Lipinski definition) is 2. The molecule has 2 unspecified atom stereocenters. The van der Waals surface area contributed by atoms with Crippen LogP contribution in [0.3, 0.4) is 0 Å². The maximum absolute atomic E-state index is 12.3. The molecule has 0 saturated carbocycles. The van der Waals surface area contributed by atoms with Crippen molar-refractivity contribution in [3.8, 4) is 0 Å². The summed E-state index contributed by atoms with van der Waals surface area (Å²) in [6, 6.07) is 7.79. The van der Waals surface area contributed by atoms with Crippen LogP contribution in [-0.4, -0.2) is 49.9 Å². The number of piperidine rings is 1. The molecule has 24 heavy (non-hydrogen) atoms. The van der Waals surface area contributed by atoms with E-state index in [1.807, 2.05) is 23.9 Å². The number of nitrogens with zero attached hydrogens (tertiary/aromatic N) is 1. The fourth-order valence-corrected chi connectivity index (χ4v) is 5.28. The summed E-state index contributed by atoms with van der Waals surface area (Å²) in [4.78, 5) is 13.6. The molecule has 0 radical (unpaired) electrons. The molecule has 8 heteroatoms.